The van der Waals surface area contributed by atoms with Crippen LogP contribution in [0, 0.1) is 12.3 Å². The molecule has 0 saturated carbocycles. The van der Waals surface area contributed by atoms with Crippen LogP contribution >= 0.6 is 11.6 Å². The summed E-state index contributed by atoms with van der Waals surface area (Å²) in [6.07, 6.45) is -7.10. The summed E-state index contributed by atoms with van der Waals surface area (Å²) in [4.78, 5) is 60.1. The fraction of sp³-hybridized carbons (Fsp3) is 0.440. The van der Waals surface area contributed by atoms with Crippen LogP contribution in [0.5, 0.6) is 0 Å². The topological polar surface area (TPSA) is 201 Å². The van der Waals surface area contributed by atoms with Crippen molar-refractivity contribution in [3.05, 3.63) is 34.5 Å². The number of hydrogen-bond acceptors (Lipinski definition) is 15. The lowest BCUT2D eigenvalue weighted by atomic mass is 9.97. The summed E-state index contributed by atoms with van der Waals surface area (Å²) in [7, 11) is 0. The monoisotopic (exact) mass is 641 g/mol. The molecule has 18 heteroatoms. The molecule has 1 aromatic heterocycles. The number of ether oxygens (including phenoxy) is 5. The molecule has 3 rings (SSSR count). The number of nitrogens with zero attached hydrogens (tertiary/aromatic N) is 3. The molecule has 2 aromatic rings. The third-order valence-corrected chi connectivity index (χ3v) is 6.28. The highest BCUT2D eigenvalue weighted by Gasteiger charge is 2.54. The number of halogens is 1. The Hall–Kier alpha value is -4.35. The van der Waals surface area contributed by atoms with Gasteiger partial charge in [0, 0.05) is 44.3 Å². The summed E-state index contributed by atoms with van der Waals surface area (Å²) in [5, 5.41) is 12.7. The van der Waals surface area contributed by atoms with Crippen molar-refractivity contribution in [2.24, 2.45) is 0 Å². The van der Waals surface area contributed by atoms with E-state index in [0.29, 0.717) is 22.6 Å². The number of anilines is 1. The average molecular weight is 642 g/mol. The van der Waals surface area contributed by atoms with Crippen molar-refractivity contribution in [3.8, 4) is 5.69 Å². The van der Waals surface area contributed by atoms with Crippen molar-refractivity contribution < 1.29 is 56.9 Å². The van der Waals surface area contributed by atoms with E-state index in [1.807, 2.05) is 0 Å². The van der Waals surface area contributed by atoms with Gasteiger partial charge >= 0.3 is 35.5 Å². The number of carbonyl (C=O) groups is 5. The van der Waals surface area contributed by atoms with Gasteiger partial charge in [-0.15, -0.1) is 0 Å². The Kier molecular flexibility index (Phi) is 11.0. The second kappa shape index (κ2) is 14.2. The highest BCUT2D eigenvalue weighted by molar-refractivity contribution is 7.77. The van der Waals surface area contributed by atoms with E-state index in [1.54, 1.807) is 25.1 Å². The van der Waals surface area contributed by atoms with E-state index in [9.17, 15) is 24.0 Å². The number of rotatable bonds is 10. The van der Waals surface area contributed by atoms with Gasteiger partial charge in [-0.3, -0.25) is 38.9 Å². The van der Waals surface area contributed by atoms with Gasteiger partial charge in [-0.05, 0) is 22.8 Å². The van der Waals surface area contributed by atoms with Gasteiger partial charge in [0.15, 0.2) is 24.5 Å². The standard InChI is InChI=1S/C25H28ClN5O11S/c1-11-6-7-16(26)8-17(11)30-18(9-32)23(42-29-30)28-31(25(27)43)24-22(40-15(5)36)21(39-14(4)35)20(38-13(3)34)19(41-24)10-37-12(2)33/h6-9,19-22,24H,10H2,1-5H3,(H2-,27,28,29,32,43)/t19-,20+,21+,22-,24-/m1/s1. The molecular weight excluding hydrogens is 614 g/mol. The normalized spacial score (nSPS) is 21.2. The van der Waals surface area contributed by atoms with E-state index in [-0.39, 0.29) is 11.6 Å². The Labute approximate surface area is 255 Å². The average Bonchev–Trinajstić information content (AvgIpc) is 3.31. The van der Waals surface area contributed by atoms with Crippen molar-refractivity contribution in [3.63, 3.8) is 0 Å². The number of amidine groups is 1. The third kappa shape index (κ3) is 8.14. The Morgan fingerprint density at radius 3 is 2.23 bits per heavy atom. The van der Waals surface area contributed by atoms with Crippen LogP contribution in [0.1, 0.15) is 43.7 Å². The van der Waals surface area contributed by atoms with Crippen LogP contribution in [-0.2, 0) is 55.5 Å². The first-order valence-electron chi connectivity index (χ1n) is 12.5. The highest BCUT2D eigenvalue weighted by Crippen LogP contribution is 2.32. The van der Waals surface area contributed by atoms with E-state index in [4.69, 9.17) is 57.8 Å². The van der Waals surface area contributed by atoms with Crippen molar-refractivity contribution in [1.82, 2.24) is 10.3 Å². The lowest BCUT2D eigenvalue weighted by Crippen LogP contribution is -2.67. The van der Waals surface area contributed by atoms with E-state index in [2.05, 4.69) is 10.7 Å². The summed E-state index contributed by atoms with van der Waals surface area (Å²) in [5.74, 6) is -3.57. The molecule has 5 atom stereocenters. The fourth-order valence-corrected chi connectivity index (χ4v) is 4.50. The number of hydrazine groups is 1. The molecule has 1 aromatic carbocycles. The van der Waals surface area contributed by atoms with Gasteiger partial charge < -0.3 is 41.7 Å². The number of aryl methyl sites for hydroxylation is 1. The van der Waals surface area contributed by atoms with Crippen LogP contribution in [0.2, 0.25) is 5.02 Å². The van der Waals surface area contributed by atoms with Crippen molar-refractivity contribution in [1.29, 1.82) is 5.41 Å². The minimum absolute atomic E-state index is 0.169. The van der Waals surface area contributed by atoms with Gasteiger partial charge in [0.05, 0.1) is 0 Å². The van der Waals surface area contributed by atoms with Gasteiger partial charge in [-0.25, -0.2) is 0 Å². The number of aldehydes is 1. The molecule has 0 unspecified atom stereocenters. The summed E-state index contributed by atoms with van der Waals surface area (Å²) < 4.78 is 33.8. The molecule has 0 spiro atoms. The second-order valence-corrected chi connectivity index (χ2v) is 9.95. The van der Waals surface area contributed by atoms with Crippen LogP contribution in [-0.4, -0.2) is 82.9 Å². The van der Waals surface area contributed by atoms with Crippen LogP contribution in [0.15, 0.2) is 22.7 Å². The molecule has 0 amide bonds. The maximum atomic E-state index is 12.2. The molecule has 2 heterocycles. The van der Waals surface area contributed by atoms with Crippen LogP contribution in [0.25, 0.3) is 5.69 Å². The number of carbonyl (C=O) groups excluding carboxylic acids is 5. The summed E-state index contributed by atoms with van der Waals surface area (Å²) in [6.45, 7) is 5.56. The molecule has 0 radical (unpaired) electrons. The Morgan fingerprint density at radius 2 is 1.67 bits per heavy atom. The third-order valence-electron chi connectivity index (χ3n) is 5.85. The quantitative estimate of drug-likeness (QED) is 0.0541. The zero-order valence-electron chi connectivity index (χ0n) is 23.5. The molecule has 43 heavy (non-hydrogen) atoms. The van der Waals surface area contributed by atoms with E-state index in [0.717, 1.165) is 37.4 Å². The second-order valence-electron chi connectivity index (χ2n) is 9.12. The summed E-state index contributed by atoms with van der Waals surface area (Å²) >= 11 is 11.2. The highest BCUT2D eigenvalue weighted by atomic mass is 35.5. The number of nitrogens with one attached hydrogen (secondary N) is 2. The first-order chi connectivity index (χ1) is 20.2. The number of aromatic nitrogens is 2. The van der Waals surface area contributed by atoms with Gasteiger partial charge in [0.2, 0.25) is 17.2 Å². The van der Waals surface area contributed by atoms with Gasteiger partial charge in [-0.2, -0.15) is 0 Å². The lowest BCUT2D eigenvalue weighted by Gasteiger charge is -2.48. The maximum absolute atomic E-state index is 12.2. The zero-order valence-corrected chi connectivity index (χ0v) is 25.1. The minimum Gasteiger partial charge on any atom is -0.741 e. The molecular formula is C25H28ClN5O11S. The van der Waals surface area contributed by atoms with E-state index < -0.39 is 66.3 Å². The Balaban J connectivity index is 2.12. The van der Waals surface area contributed by atoms with Gasteiger partial charge in [-0.1, -0.05) is 17.7 Å². The van der Waals surface area contributed by atoms with Crippen LogP contribution in [0.3, 0.4) is 0 Å². The number of hydrogen-bond donors (Lipinski definition) is 2. The molecule has 1 aliphatic rings. The first kappa shape index (κ1) is 33.2. The number of esters is 4. The zero-order chi connectivity index (χ0) is 32.0. The predicted molar refractivity (Wildman–Crippen MR) is 146 cm³/mol. The molecule has 2 N–H and O–H groups in total. The predicted octanol–water partition coefficient (Wildman–Crippen LogP) is 0.919. The SMILES string of the molecule is CC(=O)OC[C@H]1O[C@@H](N(Nc2on[n+](-c3cc(Cl)ccc3C)c2C=O)C(=N)[S-])[C@H](OC(C)=O)[C@@H](OC(C)=O)[C@H]1OC(C)=O. The summed E-state index contributed by atoms with van der Waals surface area (Å²) in [5.41, 5.74) is 3.55. The van der Waals surface area contributed by atoms with Crippen molar-refractivity contribution >= 4 is 65.4 Å². The fourth-order valence-electron chi connectivity index (χ4n) is 4.19. The first-order valence-corrected chi connectivity index (χ1v) is 13.3. The molecule has 0 bridgehead atoms. The van der Waals surface area contributed by atoms with Gasteiger partial charge in [0.1, 0.15) is 12.7 Å². The minimum atomic E-state index is -1.61. The Bertz CT molecular complexity index is 1420. The number of benzene rings is 1. The smallest absolute Gasteiger partial charge is 0.345 e. The van der Waals surface area contributed by atoms with Gasteiger partial charge in [0.25, 0.3) is 0 Å². The summed E-state index contributed by atoms with van der Waals surface area (Å²) in [6, 6.07) is 4.89. The molecule has 1 fully saturated rings. The lowest BCUT2D eigenvalue weighted by molar-refractivity contribution is -0.671. The van der Waals surface area contributed by atoms with E-state index in [1.165, 1.54) is 0 Å². The van der Waals surface area contributed by atoms with Crippen molar-refractivity contribution in [2.45, 2.75) is 65.3 Å². The van der Waals surface area contributed by atoms with Crippen LogP contribution in [0.4, 0.5) is 5.88 Å². The molecule has 0 aliphatic carbocycles. The largest absolute Gasteiger partial charge is 0.741 e. The molecule has 232 valence electrons. The Morgan fingerprint density at radius 1 is 1.07 bits per heavy atom. The molecule has 1 aliphatic heterocycles. The maximum Gasteiger partial charge on any atom is 0.345 e. The molecule has 1 saturated heterocycles. The van der Waals surface area contributed by atoms with Crippen LogP contribution < -0.4 is 10.1 Å². The van der Waals surface area contributed by atoms with Crippen molar-refractivity contribution in [2.75, 3.05) is 12.0 Å². The van der Waals surface area contributed by atoms with E-state index >= 15 is 0 Å². The molecule has 16 nitrogen and oxygen atoms in total.